The summed E-state index contributed by atoms with van der Waals surface area (Å²) < 4.78 is 31.1. The van der Waals surface area contributed by atoms with Crippen LogP contribution in [0.25, 0.3) is 0 Å². The Morgan fingerprint density at radius 3 is 2.70 bits per heavy atom. The Labute approximate surface area is 117 Å². The molecule has 1 unspecified atom stereocenters. The Morgan fingerprint density at radius 1 is 1.35 bits per heavy atom. The second kappa shape index (κ2) is 6.79. The average molecular weight is 283 g/mol. The first kappa shape index (κ1) is 14.9. The van der Waals surface area contributed by atoms with E-state index in [-0.39, 0.29) is 11.8 Å². The largest absolute Gasteiger partial charge is 0.384 e. The van der Waals surface area contributed by atoms with E-state index < -0.39 is 11.6 Å². The van der Waals surface area contributed by atoms with Gasteiger partial charge in [0, 0.05) is 26.3 Å². The summed E-state index contributed by atoms with van der Waals surface area (Å²) in [6.45, 7) is 1.79. The van der Waals surface area contributed by atoms with Gasteiger partial charge in [-0.3, -0.25) is 4.79 Å². The van der Waals surface area contributed by atoms with Gasteiger partial charge in [0.05, 0.1) is 13.0 Å². The van der Waals surface area contributed by atoms with Gasteiger partial charge < -0.3 is 9.64 Å². The van der Waals surface area contributed by atoms with Gasteiger partial charge in [-0.05, 0) is 36.5 Å². The predicted octanol–water partition coefficient (Wildman–Crippen LogP) is 2.39. The molecule has 0 aromatic heterocycles. The Hall–Kier alpha value is -1.49. The van der Waals surface area contributed by atoms with Crippen molar-refractivity contribution in [3.05, 3.63) is 35.4 Å². The topological polar surface area (TPSA) is 29.5 Å². The first-order valence-corrected chi connectivity index (χ1v) is 6.80. The van der Waals surface area contributed by atoms with Crippen molar-refractivity contribution in [2.75, 3.05) is 26.8 Å². The number of likely N-dealkylation sites (tertiary alicyclic amines) is 1. The number of rotatable bonds is 5. The summed E-state index contributed by atoms with van der Waals surface area (Å²) in [6.07, 6.45) is 1.86. The van der Waals surface area contributed by atoms with Gasteiger partial charge in [-0.2, -0.15) is 0 Å². The molecular formula is C15H19F2NO2. The molecule has 1 heterocycles. The van der Waals surface area contributed by atoms with Crippen LogP contribution in [0.15, 0.2) is 18.2 Å². The van der Waals surface area contributed by atoms with Crippen LogP contribution in [0, 0.1) is 17.6 Å². The highest BCUT2D eigenvalue weighted by Gasteiger charge is 2.26. The number of nitrogens with zero attached hydrogens (tertiary/aromatic N) is 1. The Morgan fingerprint density at radius 2 is 2.05 bits per heavy atom. The number of methoxy groups -OCH3 is 1. The van der Waals surface area contributed by atoms with Gasteiger partial charge in [0.2, 0.25) is 5.91 Å². The van der Waals surface area contributed by atoms with Crippen LogP contribution in [0.4, 0.5) is 8.78 Å². The molecule has 0 saturated carbocycles. The van der Waals surface area contributed by atoms with Gasteiger partial charge in [-0.15, -0.1) is 0 Å². The molecular weight excluding hydrogens is 264 g/mol. The van der Waals surface area contributed by atoms with Gasteiger partial charge in [-0.25, -0.2) is 8.78 Å². The molecule has 5 heteroatoms. The van der Waals surface area contributed by atoms with Gasteiger partial charge in [0.25, 0.3) is 0 Å². The van der Waals surface area contributed by atoms with Crippen LogP contribution in [0.5, 0.6) is 0 Å². The van der Waals surface area contributed by atoms with Gasteiger partial charge in [0.1, 0.15) is 11.6 Å². The fourth-order valence-electron chi connectivity index (χ4n) is 2.64. The molecule has 20 heavy (non-hydrogen) atoms. The van der Waals surface area contributed by atoms with Crippen LogP contribution in [0.2, 0.25) is 0 Å². The van der Waals surface area contributed by atoms with Crippen molar-refractivity contribution in [2.24, 2.45) is 5.92 Å². The zero-order valence-electron chi connectivity index (χ0n) is 11.6. The number of carbonyl (C=O) groups is 1. The summed E-state index contributed by atoms with van der Waals surface area (Å²) in [5.41, 5.74) is 0.652. The van der Waals surface area contributed by atoms with Crippen LogP contribution in [0.3, 0.4) is 0 Å². The van der Waals surface area contributed by atoms with Crippen LogP contribution < -0.4 is 0 Å². The lowest BCUT2D eigenvalue weighted by Gasteiger charge is -2.16. The van der Waals surface area contributed by atoms with Gasteiger partial charge in [-0.1, -0.05) is 0 Å². The number of ether oxygens (including phenoxy) is 1. The van der Waals surface area contributed by atoms with Crippen LogP contribution in [0.1, 0.15) is 18.4 Å². The molecule has 3 nitrogen and oxygen atoms in total. The van der Waals surface area contributed by atoms with E-state index in [0.29, 0.717) is 38.1 Å². The van der Waals surface area contributed by atoms with Crippen LogP contribution in [-0.4, -0.2) is 37.6 Å². The third-order valence-corrected chi connectivity index (χ3v) is 3.61. The zero-order valence-corrected chi connectivity index (χ0v) is 11.6. The first-order valence-electron chi connectivity index (χ1n) is 6.80. The third-order valence-electron chi connectivity index (χ3n) is 3.61. The summed E-state index contributed by atoms with van der Waals surface area (Å²) in [5, 5.41) is 0. The van der Waals surface area contributed by atoms with E-state index in [4.69, 9.17) is 4.74 Å². The van der Waals surface area contributed by atoms with E-state index in [9.17, 15) is 13.6 Å². The summed E-state index contributed by atoms with van der Waals surface area (Å²) in [7, 11) is 1.57. The van der Waals surface area contributed by atoms with Crippen molar-refractivity contribution < 1.29 is 18.3 Å². The maximum atomic E-state index is 13.1. The molecule has 110 valence electrons. The number of amides is 1. The molecule has 1 aliphatic rings. The van der Waals surface area contributed by atoms with E-state index in [0.717, 1.165) is 12.5 Å². The molecule has 0 N–H and O–H groups in total. The molecule has 0 radical (unpaired) electrons. The summed E-state index contributed by atoms with van der Waals surface area (Å²) >= 11 is 0. The minimum absolute atomic E-state index is 0.0831. The van der Waals surface area contributed by atoms with E-state index in [1.165, 1.54) is 12.1 Å². The summed E-state index contributed by atoms with van der Waals surface area (Å²) in [5.74, 6) is -0.750. The standard InChI is InChI=1S/C15H19F2NO2/c1-20-5-3-15(19)18-4-2-11(10-18)6-12-7-13(16)9-14(17)8-12/h7-9,11H,2-6,10H2,1H3. The molecule has 0 bridgehead atoms. The average Bonchev–Trinajstić information content (AvgIpc) is 2.83. The van der Waals surface area contributed by atoms with E-state index >= 15 is 0 Å². The minimum atomic E-state index is -0.550. The second-order valence-corrected chi connectivity index (χ2v) is 5.22. The number of carbonyl (C=O) groups excluding carboxylic acids is 1. The lowest BCUT2D eigenvalue weighted by Crippen LogP contribution is -2.29. The van der Waals surface area contributed by atoms with E-state index in [1.807, 2.05) is 0 Å². The normalized spacial score (nSPS) is 18.6. The van der Waals surface area contributed by atoms with Crippen LogP contribution >= 0.6 is 0 Å². The number of halogens is 2. The van der Waals surface area contributed by atoms with Crippen molar-refractivity contribution in [2.45, 2.75) is 19.3 Å². The molecule has 1 saturated heterocycles. The first-order chi connectivity index (χ1) is 9.58. The maximum absolute atomic E-state index is 13.1. The van der Waals surface area contributed by atoms with Gasteiger partial charge in [0.15, 0.2) is 0 Å². The predicted molar refractivity (Wildman–Crippen MR) is 71.2 cm³/mol. The molecule has 1 aromatic carbocycles. The minimum Gasteiger partial charge on any atom is -0.384 e. The molecule has 1 amide bonds. The smallest absolute Gasteiger partial charge is 0.224 e. The lowest BCUT2D eigenvalue weighted by molar-refractivity contribution is -0.131. The highest BCUT2D eigenvalue weighted by molar-refractivity contribution is 5.76. The van der Waals surface area contributed by atoms with Crippen molar-refractivity contribution in [1.29, 1.82) is 0 Å². The number of hydrogen-bond acceptors (Lipinski definition) is 2. The molecule has 0 spiro atoms. The fourth-order valence-corrected chi connectivity index (χ4v) is 2.64. The fraction of sp³-hybridized carbons (Fsp3) is 0.533. The zero-order chi connectivity index (χ0) is 14.5. The monoisotopic (exact) mass is 283 g/mol. The van der Waals surface area contributed by atoms with Crippen molar-refractivity contribution in [1.82, 2.24) is 4.90 Å². The highest BCUT2D eigenvalue weighted by atomic mass is 19.1. The SMILES string of the molecule is COCCC(=O)N1CCC(Cc2cc(F)cc(F)c2)C1. The van der Waals surface area contributed by atoms with Crippen molar-refractivity contribution in [3.8, 4) is 0 Å². The Bertz CT molecular complexity index is 459. The molecule has 0 aliphatic carbocycles. The molecule has 1 aromatic rings. The number of hydrogen-bond donors (Lipinski definition) is 0. The maximum Gasteiger partial charge on any atom is 0.224 e. The molecule has 1 atom stereocenters. The summed E-state index contributed by atoms with van der Waals surface area (Å²) in [6, 6.07) is 3.59. The van der Waals surface area contributed by atoms with Gasteiger partial charge >= 0.3 is 0 Å². The quantitative estimate of drug-likeness (QED) is 0.830. The molecule has 2 rings (SSSR count). The third kappa shape index (κ3) is 4.00. The second-order valence-electron chi connectivity index (χ2n) is 5.22. The Balaban J connectivity index is 1.88. The Kier molecular flexibility index (Phi) is 5.06. The van der Waals surface area contributed by atoms with Crippen molar-refractivity contribution in [3.63, 3.8) is 0 Å². The van der Waals surface area contributed by atoms with E-state index in [1.54, 1.807) is 12.0 Å². The van der Waals surface area contributed by atoms with E-state index in [2.05, 4.69) is 0 Å². The lowest BCUT2D eigenvalue weighted by atomic mass is 9.98. The summed E-state index contributed by atoms with van der Waals surface area (Å²) in [4.78, 5) is 13.6. The van der Waals surface area contributed by atoms with Crippen LogP contribution in [-0.2, 0) is 16.0 Å². The molecule has 1 aliphatic heterocycles. The number of benzene rings is 1. The van der Waals surface area contributed by atoms with Crippen molar-refractivity contribution >= 4 is 5.91 Å². The highest BCUT2D eigenvalue weighted by Crippen LogP contribution is 2.22. The molecule has 1 fully saturated rings.